The van der Waals surface area contributed by atoms with Gasteiger partial charge in [0, 0.05) is 13.0 Å². The second-order valence-corrected chi connectivity index (χ2v) is 17.4. The summed E-state index contributed by atoms with van der Waals surface area (Å²) in [6.07, 6.45) is 33.5. The maximum Gasteiger partial charge on any atom is 0.397 e. The third kappa shape index (κ3) is 32.0. The molecule has 6 atom stereocenters. The molecule has 0 aromatic carbocycles. The summed E-state index contributed by atoms with van der Waals surface area (Å²) in [5, 5.41) is 30.7. The molecule has 1 aliphatic rings. The van der Waals surface area contributed by atoms with E-state index in [0.717, 1.165) is 57.8 Å². The molecule has 6 unspecified atom stereocenters. The van der Waals surface area contributed by atoms with Gasteiger partial charge in [-0.15, -0.1) is 0 Å². The van der Waals surface area contributed by atoms with Crippen LogP contribution >= 0.6 is 0 Å². The van der Waals surface area contributed by atoms with Gasteiger partial charge < -0.3 is 34.3 Å². The molecule has 13 heteroatoms. The first-order chi connectivity index (χ1) is 28.6. The van der Waals surface area contributed by atoms with E-state index in [9.17, 15) is 28.5 Å². The maximum atomic E-state index is 12.8. The monoisotopic (exact) mass is 863 g/mol. The molecule has 0 amide bonds. The Kier molecular flexibility index (Phi) is 36.1. The third-order valence-corrected chi connectivity index (χ3v) is 11.3. The molecule has 0 aliphatic carbocycles. The van der Waals surface area contributed by atoms with Gasteiger partial charge in [-0.3, -0.25) is 9.35 Å². The van der Waals surface area contributed by atoms with Crippen LogP contribution in [0.2, 0.25) is 0 Å². The zero-order valence-corrected chi connectivity index (χ0v) is 37.9. The number of rotatable bonds is 41. The number of carbonyl (C=O) groups is 1. The Hall–Kier alpha value is -1.42. The summed E-state index contributed by atoms with van der Waals surface area (Å²) in [7, 11) is -5.06. The molecule has 1 saturated heterocycles. The molecule has 4 N–H and O–H groups in total. The molecule has 0 bridgehead atoms. The van der Waals surface area contributed by atoms with E-state index in [2.05, 4.69) is 42.3 Å². The van der Waals surface area contributed by atoms with Gasteiger partial charge in [0.25, 0.3) is 0 Å². The van der Waals surface area contributed by atoms with Crippen LogP contribution in [0.4, 0.5) is 0 Å². The average molecular weight is 863 g/mol. The minimum absolute atomic E-state index is 0.0329. The van der Waals surface area contributed by atoms with E-state index < -0.39 is 59.8 Å². The zero-order chi connectivity index (χ0) is 43.2. The van der Waals surface area contributed by atoms with Gasteiger partial charge in [0.05, 0.1) is 19.8 Å². The largest absolute Gasteiger partial charge is 0.457 e. The highest BCUT2D eigenvalue weighted by molar-refractivity contribution is 7.80. The first kappa shape index (κ1) is 55.6. The molecule has 59 heavy (non-hydrogen) atoms. The van der Waals surface area contributed by atoms with Gasteiger partial charge in [0.15, 0.2) is 6.29 Å². The lowest BCUT2D eigenvalue weighted by atomic mass is 9.99. The number of aliphatic hydroxyl groups excluding tert-OH is 3. The Balaban J connectivity index is 2.39. The second-order valence-electron chi connectivity index (χ2n) is 16.3. The van der Waals surface area contributed by atoms with E-state index >= 15 is 0 Å². The quantitative estimate of drug-likeness (QED) is 0.0198. The van der Waals surface area contributed by atoms with Gasteiger partial charge >= 0.3 is 16.4 Å². The number of aliphatic hydroxyl groups is 3. The lowest BCUT2D eigenvalue weighted by Crippen LogP contribution is -2.60. The molecule has 0 radical (unpaired) electrons. The van der Waals surface area contributed by atoms with Gasteiger partial charge in [-0.2, -0.15) is 8.42 Å². The summed E-state index contributed by atoms with van der Waals surface area (Å²) in [6.45, 7) is 3.97. The van der Waals surface area contributed by atoms with Crippen molar-refractivity contribution in [1.29, 1.82) is 0 Å². The van der Waals surface area contributed by atoms with Crippen LogP contribution < -0.4 is 0 Å². The summed E-state index contributed by atoms with van der Waals surface area (Å²) < 4.78 is 59.1. The Morgan fingerprint density at radius 1 is 0.627 bits per heavy atom. The van der Waals surface area contributed by atoms with Crippen LogP contribution in [0.3, 0.4) is 0 Å². The maximum absolute atomic E-state index is 12.8. The van der Waals surface area contributed by atoms with Crippen LogP contribution in [0.5, 0.6) is 0 Å². The normalized spacial score (nSPS) is 20.5. The van der Waals surface area contributed by atoms with Crippen molar-refractivity contribution >= 4 is 16.4 Å². The Labute approximate surface area is 359 Å². The number of esters is 1. The van der Waals surface area contributed by atoms with Crippen molar-refractivity contribution in [3.63, 3.8) is 0 Å². The Bertz CT molecular complexity index is 1130. The molecule has 1 rings (SSSR count). The molecule has 0 spiro atoms. The fraction of sp³-hybridized carbons (Fsp3) is 0.891. The highest BCUT2D eigenvalue weighted by Gasteiger charge is 2.48. The van der Waals surface area contributed by atoms with Gasteiger partial charge in [0.2, 0.25) is 0 Å². The van der Waals surface area contributed by atoms with E-state index in [-0.39, 0.29) is 19.6 Å². The zero-order valence-electron chi connectivity index (χ0n) is 37.1. The minimum Gasteiger partial charge on any atom is -0.457 e. The molecule has 0 aromatic rings. The summed E-state index contributed by atoms with van der Waals surface area (Å²) >= 11 is 0. The van der Waals surface area contributed by atoms with Crippen molar-refractivity contribution in [3.05, 3.63) is 24.3 Å². The number of hydrogen-bond acceptors (Lipinski definition) is 11. The van der Waals surface area contributed by atoms with Crippen molar-refractivity contribution in [1.82, 2.24) is 0 Å². The van der Waals surface area contributed by atoms with E-state index in [1.807, 2.05) is 0 Å². The summed E-state index contributed by atoms with van der Waals surface area (Å²) in [5.41, 5.74) is 0. The first-order valence-corrected chi connectivity index (χ1v) is 25.0. The predicted octanol–water partition coefficient (Wildman–Crippen LogP) is 10.0. The summed E-state index contributed by atoms with van der Waals surface area (Å²) in [5.74, 6) is -0.408. The fourth-order valence-corrected chi connectivity index (χ4v) is 7.70. The van der Waals surface area contributed by atoms with Crippen LogP contribution in [0.25, 0.3) is 0 Å². The van der Waals surface area contributed by atoms with Crippen molar-refractivity contribution in [3.8, 4) is 0 Å². The standard InChI is InChI=1S/C46H86O12S/c1-3-5-7-9-11-13-15-17-18-19-20-21-22-24-26-28-30-32-34-36-54-38-40(39-55-46-44(50)45(58-59(51,52)53)43(49)41(37-47)57-46)56-42(48)35-33-31-29-27-25-23-16-14-12-10-8-6-4-2/h14,16,18-19,40-41,43-47,49-50H,3-13,15,17,20-39H2,1-2H3,(H,51,52,53)/b16-14-,19-18-. The lowest BCUT2D eigenvalue weighted by molar-refractivity contribution is -0.301. The lowest BCUT2D eigenvalue weighted by Gasteiger charge is -2.41. The van der Waals surface area contributed by atoms with Gasteiger partial charge in [-0.05, 0) is 64.2 Å². The number of carbonyl (C=O) groups excluding carboxylic acids is 1. The highest BCUT2D eigenvalue weighted by Crippen LogP contribution is 2.26. The van der Waals surface area contributed by atoms with Gasteiger partial charge in [-0.1, -0.05) is 154 Å². The SMILES string of the molecule is CCCCCC/C=C\CCCCCCCC(=O)OC(COCCCCCCCCCC/C=C\CCCCCCCCC)COC1OC(CO)C(O)C(OS(=O)(=O)O)C1O. The van der Waals surface area contributed by atoms with Gasteiger partial charge in [-0.25, -0.2) is 4.18 Å². The topological polar surface area (TPSA) is 178 Å². The third-order valence-electron chi connectivity index (χ3n) is 10.8. The van der Waals surface area contributed by atoms with Crippen LogP contribution in [0.15, 0.2) is 24.3 Å². The highest BCUT2D eigenvalue weighted by atomic mass is 32.3. The summed E-state index contributed by atoms with van der Waals surface area (Å²) in [4.78, 5) is 12.8. The molecule has 12 nitrogen and oxygen atoms in total. The van der Waals surface area contributed by atoms with E-state index in [1.165, 1.54) is 116 Å². The molecule has 348 valence electrons. The smallest absolute Gasteiger partial charge is 0.397 e. The van der Waals surface area contributed by atoms with Crippen LogP contribution in [-0.4, -0.2) is 97.5 Å². The minimum atomic E-state index is -5.06. The molecule has 1 fully saturated rings. The van der Waals surface area contributed by atoms with Crippen molar-refractivity contribution in [2.24, 2.45) is 0 Å². The molecule has 0 saturated carbocycles. The Morgan fingerprint density at radius 2 is 1.07 bits per heavy atom. The predicted molar refractivity (Wildman–Crippen MR) is 234 cm³/mol. The summed E-state index contributed by atoms with van der Waals surface area (Å²) in [6, 6.07) is 0. The van der Waals surface area contributed by atoms with E-state index in [4.69, 9.17) is 23.5 Å². The van der Waals surface area contributed by atoms with Crippen molar-refractivity contribution in [2.75, 3.05) is 26.4 Å². The average Bonchev–Trinajstić information content (AvgIpc) is 3.20. The number of unbranched alkanes of at least 4 members (excludes halogenated alkanes) is 24. The molecule has 0 aromatic heterocycles. The fourth-order valence-electron chi connectivity index (χ4n) is 7.19. The number of ether oxygens (including phenoxy) is 4. The number of hydrogen-bond donors (Lipinski definition) is 4. The number of allylic oxidation sites excluding steroid dienone is 4. The Morgan fingerprint density at radius 3 is 1.54 bits per heavy atom. The molecular formula is C46H86O12S. The van der Waals surface area contributed by atoms with Crippen molar-refractivity contribution < 1.29 is 56.2 Å². The second kappa shape index (κ2) is 38.3. The van der Waals surface area contributed by atoms with E-state index in [0.29, 0.717) is 13.0 Å². The van der Waals surface area contributed by atoms with Gasteiger partial charge in [0.1, 0.15) is 30.5 Å². The van der Waals surface area contributed by atoms with E-state index in [1.54, 1.807) is 0 Å². The van der Waals surface area contributed by atoms with Crippen LogP contribution in [0.1, 0.15) is 200 Å². The molecule has 1 heterocycles. The molecule has 1 aliphatic heterocycles. The van der Waals surface area contributed by atoms with Crippen LogP contribution in [0, 0.1) is 0 Å². The first-order valence-electron chi connectivity index (χ1n) is 23.6. The van der Waals surface area contributed by atoms with Crippen molar-refractivity contribution in [2.45, 2.75) is 237 Å². The molecular weight excluding hydrogens is 777 g/mol. The van der Waals surface area contributed by atoms with Crippen LogP contribution in [-0.2, 0) is 38.3 Å².